The molecule has 6 N–H and O–H groups in total. The summed E-state index contributed by atoms with van der Waals surface area (Å²) in [6.07, 6.45) is 12.5. The maximum absolute atomic E-state index is 10.3. The Balaban J connectivity index is -0.000000416. The van der Waals surface area contributed by atoms with Crippen LogP contribution in [0.3, 0.4) is 0 Å². The van der Waals surface area contributed by atoms with Crippen molar-refractivity contribution in [2.45, 2.75) is 93.2 Å². The number of carboxylic acids is 3. The van der Waals surface area contributed by atoms with Gasteiger partial charge in [-0.3, -0.25) is 18.7 Å². The minimum absolute atomic E-state index is 1.14. The van der Waals surface area contributed by atoms with Crippen LogP contribution < -0.4 is 0 Å². The second-order valence-corrected chi connectivity index (χ2v) is 9.00. The Hall–Kier alpha value is -0.760. The van der Waals surface area contributed by atoms with Crippen LogP contribution in [-0.4, -0.2) is 89.4 Å². The first-order valence-electron chi connectivity index (χ1n) is 10.3. The van der Waals surface area contributed by atoms with Gasteiger partial charge in [-0.1, -0.05) is 0 Å². The van der Waals surface area contributed by atoms with Crippen molar-refractivity contribution in [3.63, 3.8) is 0 Å². The summed E-state index contributed by atoms with van der Waals surface area (Å²) in [4.78, 5) is 30.5. The molecule has 0 aliphatic heterocycles. The summed E-state index contributed by atoms with van der Waals surface area (Å²) < 4.78 is 33.1. The van der Waals surface area contributed by atoms with Crippen molar-refractivity contribution in [2.75, 3.05) is 0 Å². The van der Waals surface area contributed by atoms with E-state index in [0.717, 1.165) is 0 Å². The zero-order valence-corrected chi connectivity index (χ0v) is 21.1. The zero-order chi connectivity index (χ0) is 24.9. The van der Waals surface area contributed by atoms with E-state index in [-0.39, 0.29) is 0 Å². The molecule has 0 fully saturated rings. The van der Waals surface area contributed by atoms with E-state index >= 15 is 0 Å². The Morgan fingerprint density at radius 3 is 1.26 bits per heavy atom. The van der Waals surface area contributed by atoms with Gasteiger partial charge >= 0.3 is 131 Å². The molecule has 0 atom stereocenters. The van der Waals surface area contributed by atoms with Gasteiger partial charge in [0.1, 0.15) is 0 Å². The van der Waals surface area contributed by atoms with Crippen LogP contribution in [0, 0.1) is 0 Å². The van der Waals surface area contributed by atoms with Crippen LogP contribution in [0.5, 0.6) is 0 Å². The van der Waals surface area contributed by atoms with Crippen molar-refractivity contribution in [2.24, 2.45) is 0 Å². The molecule has 0 rings (SSSR count). The van der Waals surface area contributed by atoms with Gasteiger partial charge < -0.3 is 20.4 Å². The summed E-state index contributed by atoms with van der Waals surface area (Å²) in [5.74, 6) is -5.02. The van der Waals surface area contributed by atoms with Crippen molar-refractivity contribution in [1.82, 2.24) is 0 Å². The van der Waals surface area contributed by atoms with E-state index in [1.807, 2.05) is 0 Å². The number of carbonyl (C=O) groups is 3. The molecule has 11 nitrogen and oxygen atoms in total. The van der Waals surface area contributed by atoms with Gasteiger partial charge in [0, 0.05) is 0 Å². The molecule has 0 aromatic rings. The number of unbranched alkanes of at least 4 members (excludes halogenated alkanes) is 9. The van der Waals surface area contributed by atoms with E-state index in [4.69, 9.17) is 37.9 Å². The first-order chi connectivity index (χ1) is 14.2. The van der Waals surface area contributed by atoms with E-state index in [9.17, 15) is 14.4 Å². The van der Waals surface area contributed by atoms with Crippen molar-refractivity contribution in [3.8, 4) is 0 Å². The molecule has 31 heavy (non-hydrogen) atoms. The Morgan fingerprint density at radius 2 is 1.03 bits per heavy atom. The van der Waals surface area contributed by atoms with Gasteiger partial charge in [-0.25, -0.2) is 4.79 Å². The maximum Gasteiger partial charge on any atom is 0.394 e. The predicted molar refractivity (Wildman–Crippen MR) is 114 cm³/mol. The standard InChI is InChI=1S/C12H25.C6H8O7.Na.H2O4S/c1-3-5-7-9-11-12-10-8-6-4-2;7-3(8)1-6(13,5(11)12)2-4(9)10;;1-5(2,3)4/h1,3-12H2,2H3;13H,1-2H2,(H,7,8)(H,9,10)(H,11,12);;(H2,1,2,3,4). The van der Waals surface area contributed by atoms with Crippen LogP contribution >= 0.6 is 0 Å². The Kier molecular flexibility index (Phi) is 23.7. The number of hydrogen-bond acceptors (Lipinski definition) is 6. The molecule has 0 heterocycles. The van der Waals surface area contributed by atoms with Crippen LogP contribution in [0.25, 0.3) is 0 Å². The molecule has 0 aromatic heterocycles. The van der Waals surface area contributed by atoms with Crippen LogP contribution in [-0.2, 0) is 24.8 Å². The molecule has 180 valence electrons. The third-order valence-corrected chi connectivity index (χ3v) is 4.70. The van der Waals surface area contributed by atoms with Crippen molar-refractivity contribution < 1.29 is 52.3 Å². The molecule has 0 amide bonds. The fraction of sp³-hybridized carbons (Fsp3) is 0.833. The van der Waals surface area contributed by atoms with Gasteiger partial charge in [0.25, 0.3) is 0 Å². The van der Waals surface area contributed by atoms with E-state index in [2.05, 4.69) is 6.92 Å². The smallest absolute Gasteiger partial charge is 0.394 e. The number of carboxylic acid groups (broad SMARTS) is 3. The number of rotatable bonds is 15. The minimum Gasteiger partial charge on any atom is -0.481 e. The largest absolute Gasteiger partial charge is 0.481 e. The van der Waals surface area contributed by atoms with Gasteiger partial charge in [-0.05, 0) is 0 Å². The Labute approximate surface area is 201 Å². The molecule has 0 bridgehead atoms. The van der Waals surface area contributed by atoms with Crippen molar-refractivity contribution in [1.29, 1.82) is 0 Å². The quantitative estimate of drug-likeness (QED) is 0.113. The Bertz CT molecular complexity index is 559. The first kappa shape index (κ1) is 34.8. The molecule has 0 unspecified atom stereocenters. The number of aliphatic carboxylic acids is 3. The summed E-state index contributed by atoms with van der Waals surface area (Å²) in [6.45, 7) is 2.29. The topological polar surface area (TPSA) is 207 Å². The van der Waals surface area contributed by atoms with E-state index in [1.54, 1.807) is 0 Å². The molecule has 0 aromatic carbocycles. The molecule has 0 saturated heterocycles. The fourth-order valence-electron chi connectivity index (χ4n) is 2.45. The zero-order valence-electron chi connectivity index (χ0n) is 18.3. The molecule has 0 aliphatic carbocycles. The van der Waals surface area contributed by atoms with E-state index in [1.165, 1.54) is 95.8 Å². The second kappa shape index (κ2) is 21.1. The van der Waals surface area contributed by atoms with E-state index in [0.29, 0.717) is 0 Å². The number of aliphatic hydroxyl groups is 1. The van der Waals surface area contributed by atoms with Crippen LogP contribution in [0.4, 0.5) is 0 Å². The third-order valence-electron chi connectivity index (χ3n) is 3.99. The van der Waals surface area contributed by atoms with Crippen LogP contribution in [0.1, 0.15) is 84.0 Å². The van der Waals surface area contributed by atoms with Gasteiger partial charge in [0.2, 0.25) is 0 Å². The monoisotopic (exact) mass is 482 g/mol. The molecule has 0 aliphatic rings. The van der Waals surface area contributed by atoms with Crippen molar-refractivity contribution >= 4 is 56.2 Å². The second-order valence-electron chi connectivity index (χ2n) is 7.11. The molecular formula is C18H35NaO11S. The van der Waals surface area contributed by atoms with Crippen molar-refractivity contribution in [3.05, 3.63) is 0 Å². The summed E-state index contributed by atoms with van der Waals surface area (Å²) in [5, 5.41) is 33.8. The molecule has 0 radical (unpaired) electrons. The normalized spacial score (nSPS) is 10.9. The summed E-state index contributed by atoms with van der Waals surface area (Å²) in [5.41, 5.74) is -2.74. The third kappa shape index (κ3) is 34.1. The summed E-state index contributed by atoms with van der Waals surface area (Å²) in [7, 11) is -4.67. The SMILES string of the molecule is CCCCCCCCCCC[CH2][Na].O=C(O)CC(O)(CC(=O)O)C(=O)O.O=S(=O)(O)O. The average molecular weight is 483 g/mol. The van der Waals surface area contributed by atoms with Gasteiger partial charge in [0.05, 0.1) is 12.8 Å². The summed E-state index contributed by atoms with van der Waals surface area (Å²) >= 11 is 1.41. The first-order valence-corrected chi connectivity index (χ1v) is 13.1. The van der Waals surface area contributed by atoms with Crippen LogP contribution in [0.2, 0.25) is 3.67 Å². The Morgan fingerprint density at radius 1 is 0.742 bits per heavy atom. The number of hydrogen-bond donors (Lipinski definition) is 6. The van der Waals surface area contributed by atoms with Crippen LogP contribution in [0.15, 0.2) is 0 Å². The maximum atomic E-state index is 10.3. The molecular weight excluding hydrogens is 447 g/mol. The van der Waals surface area contributed by atoms with E-state index < -0.39 is 46.7 Å². The van der Waals surface area contributed by atoms with Gasteiger partial charge in [0.15, 0.2) is 5.60 Å². The fourth-order valence-corrected chi connectivity index (χ4v) is 2.95. The van der Waals surface area contributed by atoms with Gasteiger partial charge in [-0.15, -0.1) is 0 Å². The molecule has 0 spiro atoms. The summed E-state index contributed by atoms with van der Waals surface area (Å²) in [6, 6.07) is 0. The molecule has 0 saturated carbocycles. The molecule has 13 heteroatoms. The average Bonchev–Trinajstić information content (AvgIpc) is 2.58. The predicted octanol–water partition coefficient (Wildman–Crippen LogP) is 2.59. The minimum atomic E-state index is -4.67. The van der Waals surface area contributed by atoms with Gasteiger partial charge in [-0.2, -0.15) is 8.42 Å².